The lowest BCUT2D eigenvalue weighted by Gasteiger charge is -2.36. The summed E-state index contributed by atoms with van der Waals surface area (Å²) in [5.41, 5.74) is -0.0302. The number of carboxylic acids is 1. The molecule has 1 aromatic rings. The van der Waals surface area contributed by atoms with Gasteiger partial charge in [-0.1, -0.05) is 26.7 Å². The zero-order chi connectivity index (χ0) is 18.8. The van der Waals surface area contributed by atoms with Crippen LogP contribution in [0.4, 0.5) is 5.82 Å². The number of nitrogens with zero attached hydrogens (tertiary/aromatic N) is 3. The van der Waals surface area contributed by atoms with Gasteiger partial charge in [0.05, 0.1) is 12.4 Å². The van der Waals surface area contributed by atoms with Gasteiger partial charge in [0.15, 0.2) is 12.0 Å². The van der Waals surface area contributed by atoms with Gasteiger partial charge in [-0.3, -0.25) is 0 Å². The molecule has 1 aliphatic rings. The molecular formula is C19H31N3O4. The van der Waals surface area contributed by atoms with Crippen LogP contribution in [0.3, 0.4) is 0 Å². The highest BCUT2D eigenvalue weighted by Crippen LogP contribution is 2.26. The Balaban J connectivity index is 1.87. The number of unbranched alkanes of at least 4 members (excludes halogenated alkanes) is 2. The fraction of sp³-hybridized carbons (Fsp3) is 0.737. The van der Waals surface area contributed by atoms with E-state index in [0.717, 1.165) is 70.6 Å². The minimum atomic E-state index is -1.06. The van der Waals surface area contributed by atoms with E-state index >= 15 is 0 Å². The lowest BCUT2D eigenvalue weighted by atomic mass is 9.96. The number of carbonyl (C=O) groups is 1. The van der Waals surface area contributed by atoms with Crippen LogP contribution in [0, 0.1) is 5.92 Å². The van der Waals surface area contributed by atoms with E-state index in [-0.39, 0.29) is 12.0 Å². The van der Waals surface area contributed by atoms with Gasteiger partial charge in [0.25, 0.3) is 0 Å². The van der Waals surface area contributed by atoms with Gasteiger partial charge in [-0.15, -0.1) is 0 Å². The first-order chi connectivity index (χ1) is 12.7. The number of aromatic carboxylic acids is 1. The van der Waals surface area contributed by atoms with Crippen LogP contribution in [-0.4, -0.2) is 53.6 Å². The van der Waals surface area contributed by atoms with E-state index in [0.29, 0.717) is 5.92 Å². The molecule has 2 rings (SSSR count). The standard InChI is InChI=1S/C19H31N3O4/c1-3-5-11-25-19(26-12-6-4-2)15-7-9-22(10-8-15)17-14-20-16(13-21-17)18(23)24/h13-15,19H,3-12H2,1-2H3,(H,23,24). The minimum Gasteiger partial charge on any atom is -0.476 e. The van der Waals surface area contributed by atoms with Gasteiger partial charge in [0, 0.05) is 32.2 Å². The Morgan fingerprint density at radius 2 is 1.77 bits per heavy atom. The Bertz CT molecular complexity index is 520. The van der Waals surface area contributed by atoms with Crippen LogP contribution in [0.5, 0.6) is 0 Å². The van der Waals surface area contributed by atoms with Gasteiger partial charge in [0.2, 0.25) is 0 Å². The maximum Gasteiger partial charge on any atom is 0.356 e. The van der Waals surface area contributed by atoms with Gasteiger partial charge in [-0.2, -0.15) is 0 Å². The highest BCUT2D eigenvalue weighted by Gasteiger charge is 2.28. The first-order valence-electron chi connectivity index (χ1n) is 9.69. The molecule has 0 unspecified atom stereocenters. The maximum absolute atomic E-state index is 10.9. The monoisotopic (exact) mass is 365 g/mol. The van der Waals surface area contributed by atoms with Gasteiger partial charge < -0.3 is 19.5 Å². The normalized spacial score (nSPS) is 15.6. The molecular weight excluding hydrogens is 334 g/mol. The van der Waals surface area contributed by atoms with Crippen molar-refractivity contribution in [1.29, 1.82) is 0 Å². The van der Waals surface area contributed by atoms with E-state index in [1.165, 1.54) is 12.4 Å². The third kappa shape index (κ3) is 6.21. The van der Waals surface area contributed by atoms with Crippen molar-refractivity contribution in [2.45, 2.75) is 58.7 Å². The maximum atomic E-state index is 10.9. The molecule has 0 aromatic carbocycles. The van der Waals surface area contributed by atoms with E-state index in [1.54, 1.807) is 0 Å². The Hall–Kier alpha value is -1.73. The van der Waals surface area contributed by atoms with Gasteiger partial charge >= 0.3 is 5.97 Å². The molecule has 7 nitrogen and oxygen atoms in total. The molecule has 1 fully saturated rings. The third-order valence-electron chi connectivity index (χ3n) is 4.67. The summed E-state index contributed by atoms with van der Waals surface area (Å²) in [6.45, 7) is 7.50. The minimum absolute atomic E-state index is 0.0302. The Morgan fingerprint density at radius 1 is 1.15 bits per heavy atom. The summed E-state index contributed by atoms with van der Waals surface area (Å²) in [5.74, 6) is 0.0501. The lowest BCUT2D eigenvalue weighted by Crippen LogP contribution is -2.40. The molecule has 0 atom stereocenters. The molecule has 1 aromatic heterocycles. The number of anilines is 1. The van der Waals surface area contributed by atoms with E-state index in [4.69, 9.17) is 14.6 Å². The van der Waals surface area contributed by atoms with Crippen LogP contribution in [-0.2, 0) is 9.47 Å². The number of carboxylic acid groups (broad SMARTS) is 1. The van der Waals surface area contributed by atoms with Gasteiger partial charge in [-0.05, 0) is 25.7 Å². The summed E-state index contributed by atoms with van der Waals surface area (Å²) in [7, 11) is 0. The van der Waals surface area contributed by atoms with E-state index < -0.39 is 5.97 Å². The number of aromatic nitrogens is 2. The van der Waals surface area contributed by atoms with E-state index in [2.05, 4.69) is 28.7 Å². The highest BCUT2D eigenvalue weighted by molar-refractivity contribution is 5.84. The summed E-state index contributed by atoms with van der Waals surface area (Å²) >= 11 is 0. The third-order valence-corrected chi connectivity index (χ3v) is 4.67. The molecule has 0 bridgehead atoms. The average Bonchev–Trinajstić information content (AvgIpc) is 2.67. The zero-order valence-corrected chi connectivity index (χ0v) is 15.9. The van der Waals surface area contributed by atoms with Crippen molar-refractivity contribution in [1.82, 2.24) is 9.97 Å². The number of ether oxygens (including phenoxy) is 2. The van der Waals surface area contributed by atoms with Crippen LogP contribution in [0.2, 0.25) is 0 Å². The van der Waals surface area contributed by atoms with Crippen LogP contribution in [0.15, 0.2) is 12.4 Å². The van der Waals surface area contributed by atoms with Crippen molar-refractivity contribution in [2.75, 3.05) is 31.2 Å². The quantitative estimate of drug-likeness (QED) is 0.475. The molecule has 0 aliphatic carbocycles. The van der Waals surface area contributed by atoms with Crippen LogP contribution < -0.4 is 4.90 Å². The molecule has 0 radical (unpaired) electrons. The molecule has 1 saturated heterocycles. The predicted octanol–water partition coefficient (Wildman–Crippen LogP) is 3.35. The van der Waals surface area contributed by atoms with Crippen molar-refractivity contribution < 1.29 is 19.4 Å². The summed E-state index contributed by atoms with van der Waals surface area (Å²) in [6, 6.07) is 0. The van der Waals surface area contributed by atoms with Gasteiger partial charge in [0.1, 0.15) is 5.82 Å². The van der Waals surface area contributed by atoms with Crippen LogP contribution >= 0.6 is 0 Å². The smallest absolute Gasteiger partial charge is 0.356 e. The Kier molecular flexibility index (Phi) is 8.77. The van der Waals surface area contributed by atoms with Crippen molar-refractivity contribution in [3.8, 4) is 0 Å². The molecule has 26 heavy (non-hydrogen) atoms. The van der Waals surface area contributed by atoms with Gasteiger partial charge in [-0.25, -0.2) is 14.8 Å². The molecule has 1 aliphatic heterocycles. The average molecular weight is 365 g/mol. The molecule has 2 heterocycles. The number of hydrogen-bond donors (Lipinski definition) is 1. The summed E-state index contributed by atoms with van der Waals surface area (Å²) in [5, 5.41) is 8.92. The topological polar surface area (TPSA) is 84.8 Å². The zero-order valence-electron chi connectivity index (χ0n) is 15.9. The number of piperidine rings is 1. The summed E-state index contributed by atoms with van der Waals surface area (Å²) in [6.07, 6.45) is 8.99. The Morgan fingerprint density at radius 3 is 2.23 bits per heavy atom. The molecule has 146 valence electrons. The lowest BCUT2D eigenvalue weighted by molar-refractivity contribution is -0.177. The van der Waals surface area contributed by atoms with Crippen molar-refractivity contribution in [3.63, 3.8) is 0 Å². The second-order valence-electron chi connectivity index (χ2n) is 6.71. The number of rotatable bonds is 11. The molecule has 1 N–H and O–H groups in total. The second-order valence-corrected chi connectivity index (χ2v) is 6.71. The molecule has 7 heteroatoms. The summed E-state index contributed by atoms with van der Waals surface area (Å²) in [4.78, 5) is 21.2. The van der Waals surface area contributed by atoms with E-state index in [9.17, 15) is 4.79 Å². The summed E-state index contributed by atoms with van der Waals surface area (Å²) < 4.78 is 12.0. The molecule has 0 saturated carbocycles. The second kappa shape index (κ2) is 11.1. The first-order valence-corrected chi connectivity index (χ1v) is 9.69. The largest absolute Gasteiger partial charge is 0.476 e. The van der Waals surface area contributed by atoms with Crippen molar-refractivity contribution in [3.05, 3.63) is 18.1 Å². The van der Waals surface area contributed by atoms with Crippen molar-refractivity contribution >= 4 is 11.8 Å². The molecule has 0 spiro atoms. The van der Waals surface area contributed by atoms with Crippen molar-refractivity contribution in [2.24, 2.45) is 5.92 Å². The SMILES string of the molecule is CCCCOC(OCCCC)C1CCN(c2cnc(C(=O)O)cn2)CC1. The fourth-order valence-electron chi connectivity index (χ4n) is 3.00. The Labute approximate surface area is 155 Å². The number of hydrogen-bond acceptors (Lipinski definition) is 6. The predicted molar refractivity (Wildman–Crippen MR) is 99.4 cm³/mol. The highest BCUT2D eigenvalue weighted by atomic mass is 16.7. The van der Waals surface area contributed by atoms with Crippen LogP contribution in [0.1, 0.15) is 62.9 Å². The van der Waals surface area contributed by atoms with Crippen LogP contribution in [0.25, 0.3) is 0 Å². The van der Waals surface area contributed by atoms with E-state index in [1.807, 2.05) is 0 Å². The fourth-order valence-corrected chi connectivity index (χ4v) is 3.00. The molecule has 0 amide bonds. The first kappa shape index (κ1) is 20.6.